The molecule has 0 radical (unpaired) electrons. The minimum Gasteiger partial charge on any atom is -0.273 e. The Morgan fingerprint density at radius 2 is 2.00 bits per heavy atom. The van der Waals surface area contributed by atoms with Crippen LogP contribution in [0.5, 0.6) is 0 Å². The maximum absolute atomic E-state index is 12.0. The second kappa shape index (κ2) is 5.59. The maximum Gasteiger partial charge on any atom is 0.243 e. The predicted molar refractivity (Wildman–Crippen MR) is 81.8 cm³/mol. The summed E-state index contributed by atoms with van der Waals surface area (Å²) in [5, 5.41) is 8.17. The second-order valence-corrected chi connectivity index (χ2v) is 5.91. The van der Waals surface area contributed by atoms with E-state index in [4.69, 9.17) is 0 Å². The molecule has 1 amide bonds. The van der Waals surface area contributed by atoms with E-state index in [0.29, 0.717) is 13.0 Å². The second-order valence-electron chi connectivity index (χ2n) is 4.96. The number of benzene rings is 1. The standard InChI is InChI=1S/C16H16N2OS/c1-12-4-6-13(7-5-12)11-18-16(19)9-8-14(17-18)15-3-2-10-20-15/h2-7,10H,8-9,11H2,1H3. The van der Waals surface area contributed by atoms with Crippen molar-refractivity contribution < 1.29 is 4.79 Å². The molecule has 2 aromatic rings. The number of carbonyl (C=O) groups excluding carboxylic acids is 1. The molecule has 0 spiro atoms. The molecule has 0 saturated carbocycles. The predicted octanol–water partition coefficient (Wildman–Crippen LogP) is 3.58. The van der Waals surface area contributed by atoms with Crippen molar-refractivity contribution in [2.45, 2.75) is 26.3 Å². The summed E-state index contributed by atoms with van der Waals surface area (Å²) in [6.07, 6.45) is 1.28. The molecule has 20 heavy (non-hydrogen) atoms. The molecule has 1 aromatic carbocycles. The van der Waals surface area contributed by atoms with Gasteiger partial charge < -0.3 is 0 Å². The number of thiophene rings is 1. The largest absolute Gasteiger partial charge is 0.273 e. The SMILES string of the molecule is Cc1ccc(CN2N=C(c3cccs3)CCC2=O)cc1. The van der Waals surface area contributed by atoms with Gasteiger partial charge in [0.15, 0.2) is 0 Å². The maximum atomic E-state index is 12.0. The van der Waals surface area contributed by atoms with Gasteiger partial charge in [-0.15, -0.1) is 11.3 Å². The Balaban J connectivity index is 1.81. The van der Waals surface area contributed by atoms with Crippen LogP contribution in [0.1, 0.15) is 28.8 Å². The highest BCUT2D eigenvalue weighted by Gasteiger charge is 2.21. The van der Waals surface area contributed by atoms with Gasteiger partial charge in [-0.1, -0.05) is 35.9 Å². The quantitative estimate of drug-likeness (QED) is 0.848. The zero-order chi connectivity index (χ0) is 13.9. The van der Waals surface area contributed by atoms with Crippen molar-refractivity contribution in [3.05, 3.63) is 57.8 Å². The van der Waals surface area contributed by atoms with Crippen molar-refractivity contribution in [3.8, 4) is 0 Å². The molecule has 0 fully saturated rings. The van der Waals surface area contributed by atoms with E-state index < -0.39 is 0 Å². The fraction of sp³-hybridized carbons (Fsp3) is 0.250. The van der Waals surface area contributed by atoms with Crippen molar-refractivity contribution in [2.75, 3.05) is 0 Å². The van der Waals surface area contributed by atoms with Gasteiger partial charge in [-0.25, -0.2) is 5.01 Å². The van der Waals surface area contributed by atoms with Crippen LogP contribution in [0.25, 0.3) is 0 Å². The van der Waals surface area contributed by atoms with E-state index in [2.05, 4.69) is 42.4 Å². The van der Waals surface area contributed by atoms with Crippen LogP contribution >= 0.6 is 11.3 Å². The number of hydrogen-bond acceptors (Lipinski definition) is 3. The average Bonchev–Trinajstić information content (AvgIpc) is 2.98. The molecule has 0 atom stereocenters. The number of hydrogen-bond donors (Lipinski definition) is 0. The number of nitrogens with zero attached hydrogens (tertiary/aromatic N) is 2. The van der Waals surface area contributed by atoms with Crippen molar-refractivity contribution >= 4 is 23.0 Å². The average molecular weight is 284 g/mol. The molecule has 0 bridgehead atoms. The summed E-state index contributed by atoms with van der Waals surface area (Å²) < 4.78 is 0. The third-order valence-electron chi connectivity index (χ3n) is 3.36. The van der Waals surface area contributed by atoms with E-state index in [1.807, 2.05) is 11.4 Å². The van der Waals surface area contributed by atoms with Gasteiger partial charge in [-0.2, -0.15) is 5.10 Å². The Kier molecular flexibility index (Phi) is 3.65. The molecule has 3 rings (SSSR count). The van der Waals surface area contributed by atoms with Gasteiger partial charge in [0.1, 0.15) is 0 Å². The molecule has 0 aliphatic carbocycles. The Morgan fingerprint density at radius 3 is 2.70 bits per heavy atom. The summed E-state index contributed by atoms with van der Waals surface area (Å²) in [5.41, 5.74) is 3.35. The Bertz CT molecular complexity index is 629. The lowest BCUT2D eigenvalue weighted by Crippen LogP contribution is -2.31. The number of carbonyl (C=O) groups is 1. The summed E-state index contributed by atoms with van der Waals surface area (Å²) in [6, 6.07) is 12.3. The van der Waals surface area contributed by atoms with Crippen molar-refractivity contribution in [3.63, 3.8) is 0 Å². The summed E-state index contributed by atoms with van der Waals surface area (Å²) in [7, 11) is 0. The molecule has 0 N–H and O–H groups in total. The van der Waals surface area contributed by atoms with Crippen LogP contribution in [0.3, 0.4) is 0 Å². The van der Waals surface area contributed by atoms with Gasteiger partial charge in [0.25, 0.3) is 0 Å². The number of aryl methyl sites for hydroxylation is 1. The Hall–Kier alpha value is -1.94. The molecular weight excluding hydrogens is 268 g/mol. The van der Waals surface area contributed by atoms with Gasteiger partial charge in [0, 0.05) is 12.8 Å². The van der Waals surface area contributed by atoms with Crippen LogP contribution < -0.4 is 0 Å². The molecule has 1 aliphatic heterocycles. The third-order valence-corrected chi connectivity index (χ3v) is 4.28. The topological polar surface area (TPSA) is 32.7 Å². The molecule has 102 valence electrons. The summed E-state index contributed by atoms with van der Waals surface area (Å²) >= 11 is 1.67. The Labute approximate surface area is 122 Å². The number of hydrazone groups is 1. The van der Waals surface area contributed by atoms with Crippen LogP contribution in [-0.4, -0.2) is 16.6 Å². The van der Waals surface area contributed by atoms with Crippen molar-refractivity contribution in [1.82, 2.24) is 5.01 Å². The van der Waals surface area contributed by atoms with Crippen LogP contribution in [0, 0.1) is 6.92 Å². The normalized spacial score (nSPS) is 15.3. The molecule has 0 unspecified atom stereocenters. The molecule has 4 heteroatoms. The first-order valence-corrected chi connectivity index (χ1v) is 7.57. The first-order valence-electron chi connectivity index (χ1n) is 6.69. The third kappa shape index (κ3) is 2.80. The monoisotopic (exact) mass is 284 g/mol. The van der Waals surface area contributed by atoms with Crippen molar-refractivity contribution in [2.24, 2.45) is 5.10 Å². The van der Waals surface area contributed by atoms with E-state index in [1.54, 1.807) is 16.3 Å². The highest BCUT2D eigenvalue weighted by atomic mass is 32.1. The van der Waals surface area contributed by atoms with E-state index in [-0.39, 0.29) is 5.91 Å². The van der Waals surface area contributed by atoms with Crippen LogP contribution in [0.15, 0.2) is 46.9 Å². The van der Waals surface area contributed by atoms with Crippen LogP contribution in [0.4, 0.5) is 0 Å². The number of amides is 1. The van der Waals surface area contributed by atoms with E-state index in [1.165, 1.54) is 5.56 Å². The first kappa shape index (κ1) is 13.1. The van der Waals surface area contributed by atoms with E-state index in [0.717, 1.165) is 22.6 Å². The van der Waals surface area contributed by atoms with Crippen LogP contribution in [0.2, 0.25) is 0 Å². The number of rotatable bonds is 3. The van der Waals surface area contributed by atoms with E-state index >= 15 is 0 Å². The van der Waals surface area contributed by atoms with Gasteiger partial charge in [-0.05, 0) is 23.9 Å². The Morgan fingerprint density at radius 1 is 1.20 bits per heavy atom. The lowest BCUT2D eigenvalue weighted by atomic mass is 10.1. The van der Waals surface area contributed by atoms with Gasteiger partial charge in [0.2, 0.25) is 5.91 Å². The smallest absolute Gasteiger partial charge is 0.243 e. The molecule has 2 heterocycles. The molecule has 3 nitrogen and oxygen atoms in total. The lowest BCUT2D eigenvalue weighted by molar-refractivity contribution is -0.132. The van der Waals surface area contributed by atoms with Crippen LogP contribution in [-0.2, 0) is 11.3 Å². The minimum absolute atomic E-state index is 0.103. The highest BCUT2D eigenvalue weighted by Crippen LogP contribution is 2.20. The van der Waals surface area contributed by atoms with Gasteiger partial charge in [0.05, 0.1) is 17.1 Å². The molecular formula is C16H16N2OS. The summed E-state index contributed by atoms with van der Waals surface area (Å²) in [4.78, 5) is 13.2. The fourth-order valence-electron chi connectivity index (χ4n) is 2.21. The van der Waals surface area contributed by atoms with E-state index in [9.17, 15) is 4.79 Å². The lowest BCUT2D eigenvalue weighted by Gasteiger charge is -2.23. The molecule has 1 aliphatic rings. The molecule has 1 aromatic heterocycles. The zero-order valence-electron chi connectivity index (χ0n) is 11.4. The van der Waals surface area contributed by atoms with Gasteiger partial charge in [-0.3, -0.25) is 4.79 Å². The summed E-state index contributed by atoms with van der Waals surface area (Å²) in [6.45, 7) is 2.61. The molecule has 0 saturated heterocycles. The summed E-state index contributed by atoms with van der Waals surface area (Å²) in [5.74, 6) is 0.103. The van der Waals surface area contributed by atoms with Crippen molar-refractivity contribution in [1.29, 1.82) is 0 Å². The van der Waals surface area contributed by atoms with Gasteiger partial charge >= 0.3 is 0 Å². The zero-order valence-corrected chi connectivity index (χ0v) is 12.2. The highest BCUT2D eigenvalue weighted by molar-refractivity contribution is 7.12. The first-order chi connectivity index (χ1) is 9.72. The minimum atomic E-state index is 0.103. The fourth-order valence-corrected chi connectivity index (χ4v) is 2.95.